The summed E-state index contributed by atoms with van der Waals surface area (Å²) in [5.41, 5.74) is 0.765. The van der Waals surface area contributed by atoms with Gasteiger partial charge >= 0.3 is 5.97 Å². The van der Waals surface area contributed by atoms with Crippen molar-refractivity contribution in [1.82, 2.24) is 0 Å². The molecule has 0 aliphatic rings. The SMILES string of the molecule is COC(=O)c1ccc(C)c(S(=O)(=O)Nc2cccc(Cl)c2Cl)c1. The predicted octanol–water partition coefficient (Wildman–Crippen LogP) is 3.89. The van der Waals surface area contributed by atoms with Crippen LogP contribution in [0.2, 0.25) is 10.0 Å². The third-order valence-electron chi connectivity index (χ3n) is 3.09. The van der Waals surface area contributed by atoms with Crippen LogP contribution in [0.25, 0.3) is 0 Å². The quantitative estimate of drug-likeness (QED) is 0.825. The Bertz CT molecular complexity index is 866. The lowest BCUT2D eigenvalue weighted by atomic mass is 10.1. The molecule has 122 valence electrons. The first kappa shape index (κ1) is 17.6. The maximum atomic E-state index is 12.6. The smallest absolute Gasteiger partial charge is 0.337 e. The molecule has 0 fully saturated rings. The molecular weight excluding hydrogens is 361 g/mol. The van der Waals surface area contributed by atoms with E-state index in [1.54, 1.807) is 19.1 Å². The van der Waals surface area contributed by atoms with Gasteiger partial charge in [0.15, 0.2) is 0 Å². The second-order valence-corrected chi connectivity index (χ2v) is 7.11. The monoisotopic (exact) mass is 373 g/mol. The number of rotatable bonds is 4. The van der Waals surface area contributed by atoms with E-state index < -0.39 is 16.0 Å². The molecule has 0 heterocycles. The summed E-state index contributed by atoms with van der Waals surface area (Å²) in [6, 6.07) is 8.88. The Labute approximate surface area is 144 Å². The number of nitrogens with one attached hydrogen (secondary N) is 1. The van der Waals surface area contributed by atoms with E-state index in [1.807, 2.05) is 0 Å². The molecule has 0 unspecified atom stereocenters. The van der Waals surface area contributed by atoms with Gasteiger partial charge in [0, 0.05) is 0 Å². The van der Waals surface area contributed by atoms with Crippen molar-refractivity contribution in [2.24, 2.45) is 0 Å². The Morgan fingerprint density at radius 2 is 1.87 bits per heavy atom. The number of methoxy groups -OCH3 is 1. The van der Waals surface area contributed by atoms with Crippen molar-refractivity contribution in [3.63, 3.8) is 0 Å². The van der Waals surface area contributed by atoms with Gasteiger partial charge in [0.05, 0.1) is 33.3 Å². The van der Waals surface area contributed by atoms with Crippen LogP contribution in [0.3, 0.4) is 0 Å². The molecule has 0 saturated heterocycles. The minimum Gasteiger partial charge on any atom is -0.465 e. The molecule has 0 atom stereocenters. The fraction of sp³-hybridized carbons (Fsp3) is 0.133. The van der Waals surface area contributed by atoms with Gasteiger partial charge in [0.2, 0.25) is 0 Å². The Morgan fingerprint density at radius 1 is 1.17 bits per heavy atom. The van der Waals surface area contributed by atoms with Gasteiger partial charge in [0.25, 0.3) is 10.0 Å². The molecule has 0 aromatic heterocycles. The molecule has 0 bridgehead atoms. The highest BCUT2D eigenvalue weighted by molar-refractivity contribution is 7.92. The molecular formula is C15H13Cl2NO4S. The first-order valence-corrected chi connectivity index (χ1v) is 8.66. The first-order chi connectivity index (χ1) is 10.8. The van der Waals surface area contributed by atoms with Gasteiger partial charge in [0.1, 0.15) is 0 Å². The molecule has 2 aromatic carbocycles. The number of carbonyl (C=O) groups is 1. The van der Waals surface area contributed by atoms with Crippen molar-refractivity contribution in [3.05, 3.63) is 57.6 Å². The summed E-state index contributed by atoms with van der Waals surface area (Å²) < 4.78 is 32.1. The molecule has 8 heteroatoms. The Kier molecular flexibility index (Phi) is 5.19. The molecule has 5 nitrogen and oxygen atoms in total. The fourth-order valence-electron chi connectivity index (χ4n) is 1.92. The number of halogens is 2. The van der Waals surface area contributed by atoms with Gasteiger partial charge < -0.3 is 4.74 Å². The number of sulfonamides is 1. The van der Waals surface area contributed by atoms with Gasteiger partial charge in [-0.15, -0.1) is 0 Å². The zero-order valence-electron chi connectivity index (χ0n) is 12.3. The molecule has 0 spiro atoms. The highest BCUT2D eigenvalue weighted by Gasteiger charge is 2.21. The minimum absolute atomic E-state index is 0.0450. The number of hydrogen-bond acceptors (Lipinski definition) is 4. The van der Waals surface area contributed by atoms with Crippen LogP contribution in [-0.2, 0) is 14.8 Å². The number of ether oxygens (including phenoxy) is 1. The zero-order valence-corrected chi connectivity index (χ0v) is 14.6. The second kappa shape index (κ2) is 6.78. The van der Waals surface area contributed by atoms with Gasteiger partial charge in [-0.3, -0.25) is 4.72 Å². The van der Waals surface area contributed by atoms with Crippen molar-refractivity contribution in [2.75, 3.05) is 11.8 Å². The van der Waals surface area contributed by atoms with Crippen molar-refractivity contribution < 1.29 is 17.9 Å². The molecule has 0 amide bonds. The van der Waals surface area contributed by atoms with Crippen molar-refractivity contribution in [3.8, 4) is 0 Å². The highest BCUT2D eigenvalue weighted by Crippen LogP contribution is 2.31. The van der Waals surface area contributed by atoms with Gasteiger partial charge in [-0.25, -0.2) is 13.2 Å². The highest BCUT2D eigenvalue weighted by atomic mass is 35.5. The molecule has 0 radical (unpaired) electrons. The summed E-state index contributed by atoms with van der Waals surface area (Å²) in [6.07, 6.45) is 0. The molecule has 23 heavy (non-hydrogen) atoms. The molecule has 2 rings (SSSR count). The van der Waals surface area contributed by atoms with Crippen LogP contribution in [0.4, 0.5) is 5.69 Å². The molecule has 0 aliphatic heterocycles. The number of hydrogen-bond donors (Lipinski definition) is 1. The van der Waals surface area contributed by atoms with E-state index in [9.17, 15) is 13.2 Å². The van der Waals surface area contributed by atoms with Gasteiger partial charge in [-0.2, -0.15) is 0 Å². The van der Waals surface area contributed by atoms with E-state index in [2.05, 4.69) is 9.46 Å². The van der Waals surface area contributed by atoms with Crippen LogP contribution >= 0.6 is 23.2 Å². The summed E-state index contributed by atoms with van der Waals surface area (Å²) >= 11 is 11.9. The third kappa shape index (κ3) is 3.77. The summed E-state index contributed by atoms with van der Waals surface area (Å²) in [7, 11) is -2.73. The first-order valence-electron chi connectivity index (χ1n) is 6.42. The third-order valence-corrected chi connectivity index (χ3v) is 5.42. The summed E-state index contributed by atoms with van der Waals surface area (Å²) in [5, 5.41) is 0.325. The Balaban J connectivity index is 2.47. The number of anilines is 1. The van der Waals surface area contributed by atoms with Crippen LogP contribution in [-0.4, -0.2) is 21.5 Å². The normalized spacial score (nSPS) is 11.1. The van der Waals surface area contributed by atoms with Crippen LogP contribution in [0.5, 0.6) is 0 Å². The van der Waals surface area contributed by atoms with Crippen LogP contribution in [0, 0.1) is 6.92 Å². The Morgan fingerprint density at radius 3 is 2.52 bits per heavy atom. The van der Waals surface area contributed by atoms with Crippen molar-refractivity contribution in [1.29, 1.82) is 0 Å². The summed E-state index contributed by atoms with van der Waals surface area (Å²) in [5.74, 6) is -0.623. The van der Waals surface area contributed by atoms with Crippen molar-refractivity contribution in [2.45, 2.75) is 11.8 Å². The van der Waals surface area contributed by atoms with Crippen LogP contribution in [0.15, 0.2) is 41.3 Å². The fourth-order valence-corrected chi connectivity index (χ4v) is 3.66. The van der Waals surface area contributed by atoms with Crippen molar-refractivity contribution >= 4 is 44.9 Å². The van der Waals surface area contributed by atoms with Gasteiger partial charge in [-0.1, -0.05) is 35.3 Å². The maximum Gasteiger partial charge on any atom is 0.337 e. The minimum atomic E-state index is -3.95. The zero-order chi connectivity index (χ0) is 17.2. The Hall–Kier alpha value is -1.76. The number of esters is 1. The lowest BCUT2D eigenvalue weighted by molar-refractivity contribution is 0.0600. The molecule has 1 N–H and O–H groups in total. The summed E-state index contributed by atoms with van der Waals surface area (Å²) in [4.78, 5) is 11.5. The van der Waals surface area contributed by atoms with E-state index in [1.165, 1.54) is 31.4 Å². The predicted molar refractivity (Wildman–Crippen MR) is 89.8 cm³/mol. The standard InChI is InChI=1S/C15H13Cl2NO4S/c1-9-6-7-10(15(19)22-2)8-13(9)23(20,21)18-12-5-3-4-11(16)14(12)17/h3-8,18H,1-2H3. The largest absolute Gasteiger partial charge is 0.465 e. The maximum absolute atomic E-state index is 12.6. The van der Waals surface area contributed by atoms with Crippen LogP contribution < -0.4 is 4.72 Å². The second-order valence-electron chi connectivity index (χ2n) is 4.68. The topological polar surface area (TPSA) is 72.5 Å². The lowest BCUT2D eigenvalue weighted by Crippen LogP contribution is -2.15. The molecule has 2 aromatic rings. The van der Waals surface area contributed by atoms with E-state index in [0.717, 1.165) is 0 Å². The van der Waals surface area contributed by atoms with E-state index in [-0.39, 0.29) is 26.2 Å². The van der Waals surface area contributed by atoms with E-state index in [0.29, 0.717) is 5.56 Å². The molecule has 0 saturated carbocycles. The van der Waals surface area contributed by atoms with Crippen LogP contribution in [0.1, 0.15) is 15.9 Å². The number of aryl methyl sites for hydroxylation is 1. The van der Waals surface area contributed by atoms with E-state index >= 15 is 0 Å². The van der Waals surface area contributed by atoms with Gasteiger partial charge in [-0.05, 0) is 36.8 Å². The molecule has 0 aliphatic carbocycles. The number of carbonyl (C=O) groups excluding carboxylic acids is 1. The lowest BCUT2D eigenvalue weighted by Gasteiger charge is -2.13. The summed E-state index contributed by atoms with van der Waals surface area (Å²) in [6.45, 7) is 1.62. The number of benzene rings is 2. The average molecular weight is 374 g/mol. The van der Waals surface area contributed by atoms with E-state index in [4.69, 9.17) is 23.2 Å². The average Bonchev–Trinajstić information content (AvgIpc) is 2.51.